The van der Waals surface area contributed by atoms with Crippen LogP contribution in [0.15, 0.2) is 36.7 Å². The molecular formula is C29H40N6O2. The summed E-state index contributed by atoms with van der Waals surface area (Å²) < 4.78 is 0. The molecule has 2 aliphatic heterocycles. The molecule has 1 amide bonds. The van der Waals surface area contributed by atoms with E-state index in [1.54, 1.807) is 0 Å². The Labute approximate surface area is 219 Å². The number of piperidine rings is 2. The van der Waals surface area contributed by atoms with E-state index in [1.807, 2.05) is 30.6 Å². The van der Waals surface area contributed by atoms with Gasteiger partial charge in [-0.25, -0.2) is 0 Å². The molecule has 8 heteroatoms. The molecule has 2 aliphatic rings. The average Bonchev–Trinajstić information content (AvgIpc) is 3.29. The molecule has 1 aromatic carbocycles. The maximum Gasteiger partial charge on any atom is 0.272 e. The molecule has 0 aliphatic carbocycles. The maximum absolute atomic E-state index is 13.2. The SMILES string of the molecule is CC(C)(C)CN1CCC(NC(=O)c2n[nH]c3ccc(-c4cncc(CN5CCC(O)CC5)c4)cc23)CC1. The molecule has 4 heterocycles. The summed E-state index contributed by atoms with van der Waals surface area (Å²) in [6, 6.07) is 8.42. The van der Waals surface area contributed by atoms with Gasteiger partial charge >= 0.3 is 0 Å². The number of amides is 1. The molecule has 37 heavy (non-hydrogen) atoms. The number of benzene rings is 1. The number of aromatic amines is 1. The number of aliphatic hydroxyl groups is 1. The van der Waals surface area contributed by atoms with Gasteiger partial charge in [0.15, 0.2) is 5.69 Å². The van der Waals surface area contributed by atoms with Crippen LogP contribution in [-0.2, 0) is 6.54 Å². The largest absolute Gasteiger partial charge is 0.393 e. The zero-order chi connectivity index (χ0) is 26.0. The number of fused-ring (bicyclic) bond motifs is 1. The normalized spacial score (nSPS) is 18.9. The van der Waals surface area contributed by atoms with Gasteiger partial charge in [-0.3, -0.25) is 19.8 Å². The summed E-state index contributed by atoms with van der Waals surface area (Å²) in [4.78, 5) is 22.6. The van der Waals surface area contributed by atoms with E-state index < -0.39 is 0 Å². The van der Waals surface area contributed by atoms with Gasteiger partial charge in [0.2, 0.25) is 0 Å². The summed E-state index contributed by atoms with van der Waals surface area (Å²) in [7, 11) is 0. The molecule has 2 aromatic heterocycles. The predicted octanol–water partition coefficient (Wildman–Crippen LogP) is 3.82. The lowest BCUT2D eigenvalue weighted by molar-refractivity contribution is 0.0792. The molecule has 0 unspecified atom stereocenters. The van der Waals surface area contributed by atoms with Gasteiger partial charge in [-0.05, 0) is 60.4 Å². The van der Waals surface area contributed by atoms with Gasteiger partial charge in [0, 0.05) is 68.7 Å². The van der Waals surface area contributed by atoms with Gasteiger partial charge in [0.25, 0.3) is 5.91 Å². The first kappa shape index (κ1) is 25.8. The van der Waals surface area contributed by atoms with Crippen LogP contribution >= 0.6 is 0 Å². The van der Waals surface area contributed by atoms with Gasteiger partial charge in [-0.15, -0.1) is 0 Å². The number of H-pyrrole nitrogens is 1. The van der Waals surface area contributed by atoms with E-state index in [2.05, 4.69) is 57.1 Å². The lowest BCUT2D eigenvalue weighted by Gasteiger charge is -2.36. The van der Waals surface area contributed by atoms with Crippen LogP contribution in [0, 0.1) is 5.41 Å². The smallest absolute Gasteiger partial charge is 0.272 e. The number of carbonyl (C=O) groups excluding carboxylic acids is 1. The van der Waals surface area contributed by atoms with E-state index >= 15 is 0 Å². The monoisotopic (exact) mass is 504 g/mol. The van der Waals surface area contributed by atoms with E-state index in [4.69, 9.17) is 0 Å². The molecule has 0 bridgehead atoms. The van der Waals surface area contributed by atoms with Crippen molar-refractivity contribution in [1.29, 1.82) is 0 Å². The van der Waals surface area contributed by atoms with E-state index in [-0.39, 0.29) is 23.5 Å². The van der Waals surface area contributed by atoms with E-state index in [1.165, 1.54) is 0 Å². The summed E-state index contributed by atoms with van der Waals surface area (Å²) in [5.74, 6) is -0.114. The Kier molecular flexibility index (Phi) is 7.60. The first-order valence-electron chi connectivity index (χ1n) is 13.6. The number of carbonyl (C=O) groups is 1. The zero-order valence-corrected chi connectivity index (χ0v) is 22.3. The van der Waals surface area contributed by atoms with Crippen molar-refractivity contribution in [3.05, 3.63) is 47.9 Å². The summed E-state index contributed by atoms with van der Waals surface area (Å²) in [6.07, 6.45) is 7.19. The van der Waals surface area contributed by atoms with Crippen molar-refractivity contribution in [2.24, 2.45) is 5.41 Å². The number of likely N-dealkylation sites (tertiary alicyclic amines) is 2. The van der Waals surface area contributed by atoms with Crippen molar-refractivity contribution in [1.82, 2.24) is 30.3 Å². The van der Waals surface area contributed by atoms with Crippen molar-refractivity contribution in [2.45, 2.75) is 65.1 Å². The van der Waals surface area contributed by atoms with E-state index in [0.717, 1.165) is 92.5 Å². The fourth-order valence-corrected chi connectivity index (χ4v) is 5.59. The van der Waals surface area contributed by atoms with Crippen LogP contribution in [0.25, 0.3) is 22.0 Å². The molecule has 198 valence electrons. The third kappa shape index (κ3) is 6.55. The molecule has 0 atom stereocenters. The highest BCUT2D eigenvalue weighted by molar-refractivity contribution is 6.05. The van der Waals surface area contributed by atoms with Crippen molar-refractivity contribution in [2.75, 3.05) is 32.7 Å². The molecule has 0 saturated carbocycles. The predicted molar refractivity (Wildman–Crippen MR) is 146 cm³/mol. The second-order valence-corrected chi connectivity index (χ2v) is 12.0. The Morgan fingerprint density at radius 3 is 2.49 bits per heavy atom. The first-order chi connectivity index (χ1) is 17.7. The van der Waals surface area contributed by atoms with Crippen LogP contribution in [0.1, 0.15) is 62.5 Å². The Bertz CT molecular complexity index is 1220. The summed E-state index contributed by atoms with van der Waals surface area (Å²) in [6.45, 7) is 12.5. The van der Waals surface area contributed by atoms with Crippen LogP contribution in [0.2, 0.25) is 0 Å². The van der Waals surface area contributed by atoms with Gasteiger partial charge < -0.3 is 15.3 Å². The Balaban J connectivity index is 1.26. The number of nitrogens with zero attached hydrogens (tertiary/aromatic N) is 4. The van der Waals surface area contributed by atoms with E-state index in [9.17, 15) is 9.90 Å². The Hall–Kier alpha value is -2.81. The van der Waals surface area contributed by atoms with Crippen molar-refractivity contribution >= 4 is 16.8 Å². The highest BCUT2D eigenvalue weighted by Gasteiger charge is 2.25. The molecule has 2 saturated heterocycles. The van der Waals surface area contributed by atoms with Crippen molar-refractivity contribution in [3.63, 3.8) is 0 Å². The molecule has 8 nitrogen and oxygen atoms in total. The quantitative estimate of drug-likeness (QED) is 0.472. The van der Waals surface area contributed by atoms with Gasteiger partial charge in [-0.2, -0.15) is 5.10 Å². The lowest BCUT2D eigenvalue weighted by Crippen LogP contribution is -2.46. The second kappa shape index (κ2) is 10.9. The van der Waals surface area contributed by atoms with Crippen LogP contribution in [0.4, 0.5) is 0 Å². The minimum atomic E-state index is -0.171. The third-order valence-corrected chi connectivity index (χ3v) is 7.49. The molecule has 5 rings (SSSR count). The van der Waals surface area contributed by atoms with Gasteiger partial charge in [-0.1, -0.05) is 26.8 Å². The molecule has 3 aromatic rings. The minimum Gasteiger partial charge on any atom is -0.393 e. The van der Waals surface area contributed by atoms with Crippen LogP contribution in [0.3, 0.4) is 0 Å². The van der Waals surface area contributed by atoms with Gasteiger partial charge in [0.05, 0.1) is 11.6 Å². The molecule has 3 N–H and O–H groups in total. The van der Waals surface area contributed by atoms with Crippen LogP contribution in [0.5, 0.6) is 0 Å². The zero-order valence-electron chi connectivity index (χ0n) is 22.3. The molecule has 0 spiro atoms. The summed E-state index contributed by atoms with van der Waals surface area (Å²) >= 11 is 0. The number of hydrogen-bond donors (Lipinski definition) is 3. The van der Waals surface area contributed by atoms with E-state index in [0.29, 0.717) is 5.69 Å². The molecule has 0 radical (unpaired) electrons. The van der Waals surface area contributed by atoms with Crippen molar-refractivity contribution in [3.8, 4) is 11.1 Å². The highest BCUT2D eigenvalue weighted by Crippen LogP contribution is 2.27. The van der Waals surface area contributed by atoms with Gasteiger partial charge in [0.1, 0.15) is 0 Å². The highest BCUT2D eigenvalue weighted by atomic mass is 16.3. The standard InChI is InChI=1S/C29H40N6O2/c1-29(2,3)19-35-10-6-23(7-11-35)31-28(37)27-25-15-21(4-5-26(25)32-33-27)22-14-20(16-30-17-22)18-34-12-8-24(36)9-13-34/h4-5,14-17,23-24,36H,6-13,18-19H2,1-3H3,(H,31,37)(H,32,33). The number of aliphatic hydroxyl groups excluding tert-OH is 1. The molecule has 2 fully saturated rings. The average molecular weight is 505 g/mol. The number of aromatic nitrogens is 3. The minimum absolute atomic E-state index is 0.114. The third-order valence-electron chi connectivity index (χ3n) is 7.49. The second-order valence-electron chi connectivity index (χ2n) is 12.0. The number of pyridine rings is 1. The van der Waals surface area contributed by atoms with Crippen molar-refractivity contribution < 1.29 is 9.90 Å². The lowest BCUT2D eigenvalue weighted by atomic mass is 9.94. The Morgan fingerprint density at radius 2 is 1.76 bits per heavy atom. The number of hydrogen-bond acceptors (Lipinski definition) is 6. The number of rotatable bonds is 6. The topological polar surface area (TPSA) is 97.4 Å². The van der Waals surface area contributed by atoms with Crippen LogP contribution < -0.4 is 5.32 Å². The van der Waals surface area contributed by atoms with Crippen LogP contribution in [-0.4, -0.2) is 80.9 Å². The fourth-order valence-electron chi connectivity index (χ4n) is 5.59. The fraction of sp³-hybridized carbons (Fsp3) is 0.552. The summed E-state index contributed by atoms with van der Waals surface area (Å²) in [5.41, 5.74) is 4.78. The summed E-state index contributed by atoms with van der Waals surface area (Å²) in [5, 5.41) is 21.2. The number of nitrogens with one attached hydrogen (secondary N) is 2. The maximum atomic E-state index is 13.2. The molecular weight excluding hydrogens is 464 g/mol. The first-order valence-corrected chi connectivity index (χ1v) is 13.6. The Morgan fingerprint density at radius 1 is 1.03 bits per heavy atom.